The number of ketones is 1. The third-order valence-electron chi connectivity index (χ3n) is 4.71. The van der Waals surface area contributed by atoms with Gasteiger partial charge in [0, 0.05) is 5.56 Å². The van der Waals surface area contributed by atoms with Crippen LogP contribution in [-0.4, -0.2) is 14.9 Å². The summed E-state index contributed by atoms with van der Waals surface area (Å²) in [7, 11) is 0. The van der Waals surface area contributed by atoms with Gasteiger partial charge in [-0.2, -0.15) is 0 Å². The third-order valence-corrected chi connectivity index (χ3v) is 4.71. The van der Waals surface area contributed by atoms with Crippen LogP contribution in [0.15, 0.2) is 94.5 Å². The molecule has 5 nitrogen and oxygen atoms in total. The fourth-order valence-corrected chi connectivity index (χ4v) is 3.29. The summed E-state index contributed by atoms with van der Waals surface area (Å²) in [6.45, 7) is 0.0291. The van der Waals surface area contributed by atoms with Crippen LogP contribution in [0.25, 0.3) is 10.9 Å². The van der Waals surface area contributed by atoms with E-state index in [0.717, 1.165) is 5.56 Å². The van der Waals surface area contributed by atoms with E-state index in [1.54, 1.807) is 48.5 Å². The average Bonchev–Trinajstić information content (AvgIpc) is 2.75. The first-order valence-electron chi connectivity index (χ1n) is 9.00. The van der Waals surface area contributed by atoms with E-state index in [4.69, 9.17) is 0 Å². The lowest BCUT2D eigenvalue weighted by molar-refractivity contribution is 0.0971. The molecule has 0 bridgehead atoms. The molecule has 0 saturated heterocycles. The van der Waals surface area contributed by atoms with Crippen LogP contribution in [0.4, 0.5) is 0 Å². The number of carbonyl (C=O) groups excluding carboxylic acids is 1. The molecule has 0 aliphatic rings. The summed E-state index contributed by atoms with van der Waals surface area (Å²) < 4.78 is 2.57. The minimum absolute atomic E-state index is 0.127. The van der Waals surface area contributed by atoms with Gasteiger partial charge in [0.2, 0.25) is 0 Å². The van der Waals surface area contributed by atoms with Crippen molar-refractivity contribution in [1.82, 2.24) is 9.13 Å². The van der Waals surface area contributed by atoms with Gasteiger partial charge in [-0.15, -0.1) is 0 Å². The number of hydrogen-bond acceptors (Lipinski definition) is 3. The number of Topliss-reactive ketones (excluding diaryl/α,β-unsaturated/α-hetero) is 1. The van der Waals surface area contributed by atoms with E-state index in [2.05, 4.69) is 0 Å². The highest BCUT2D eigenvalue weighted by atomic mass is 16.2. The van der Waals surface area contributed by atoms with Gasteiger partial charge < -0.3 is 0 Å². The van der Waals surface area contributed by atoms with Gasteiger partial charge in [-0.3, -0.25) is 18.7 Å². The molecule has 1 heterocycles. The minimum atomic E-state index is -0.489. The smallest absolute Gasteiger partial charge is 0.292 e. The number of carbonyl (C=O) groups is 1. The normalized spacial score (nSPS) is 10.9. The van der Waals surface area contributed by atoms with Crippen LogP contribution in [-0.2, 0) is 13.1 Å². The summed E-state index contributed by atoms with van der Waals surface area (Å²) in [6.07, 6.45) is 0. The van der Waals surface area contributed by atoms with Gasteiger partial charge in [0.1, 0.15) is 0 Å². The van der Waals surface area contributed by atoms with Crippen molar-refractivity contribution in [3.63, 3.8) is 0 Å². The molecule has 138 valence electrons. The standard InChI is InChI=1S/C23H18N2O3/c26-21(18-11-5-2-6-12-18)16-24-20-14-8-7-13-19(20)22(27)25(23(24)28)15-17-9-3-1-4-10-17/h1-14H,15-16H2. The van der Waals surface area contributed by atoms with Crippen molar-refractivity contribution in [1.29, 1.82) is 0 Å². The second-order valence-electron chi connectivity index (χ2n) is 6.55. The predicted octanol–water partition coefficient (Wildman–Crippen LogP) is 3.09. The number of para-hydroxylation sites is 1. The molecule has 0 amide bonds. The van der Waals surface area contributed by atoms with Gasteiger partial charge in [0.15, 0.2) is 5.78 Å². The molecule has 0 atom stereocenters. The molecule has 3 aromatic carbocycles. The Balaban J connectivity index is 1.86. The summed E-state index contributed by atoms with van der Waals surface area (Å²) in [5.41, 5.74) is 0.994. The zero-order chi connectivity index (χ0) is 19.5. The highest BCUT2D eigenvalue weighted by Crippen LogP contribution is 2.10. The Morgan fingerprint density at radius 2 is 1.32 bits per heavy atom. The molecular formula is C23H18N2O3. The molecule has 0 fully saturated rings. The fraction of sp³-hybridized carbons (Fsp3) is 0.0870. The maximum absolute atomic E-state index is 13.1. The topological polar surface area (TPSA) is 61.1 Å². The maximum Gasteiger partial charge on any atom is 0.332 e. The Kier molecular flexibility index (Phi) is 4.72. The fourth-order valence-electron chi connectivity index (χ4n) is 3.29. The van der Waals surface area contributed by atoms with Crippen LogP contribution in [0, 0.1) is 0 Å². The van der Waals surface area contributed by atoms with Crippen LogP contribution < -0.4 is 11.2 Å². The molecule has 0 unspecified atom stereocenters. The van der Waals surface area contributed by atoms with Crippen molar-refractivity contribution in [2.45, 2.75) is 13.1 Å². The monoisotopic (exact) mass is 370 g/mol. The summed E-state index contributed by atoms with van der Waals surface area (Å²) in [5.74, 6) is -0.183. The number of fused-ring (bicyclic) bond motifs is 1. The molecule has 0 aliphatic carbocycles. The Hall–Kier alpha value is -3.73. The van der Waals surface area contributed by atoms with E-state index in [1.165, 1.54) is 9.13 Å². The van der Waals surface area contributed by atoms with Crippen LogP contribution in [0.5, 0.6) is 0 Å². The van der Waals surface area contributed by atoms with Crippen molar-refractivity contribution in [2.24, 2.45) is 0 Å². The van der Waals surface area contributed by atoms with E-state index in [-0.39, 0.29) is 24.4 Å². The summed E-state index contributed by atoms with van der Waals surface area (Å²) >= 11 is 0. The van der Waals surface area contributed by atoms with E-state index < -0.39 is 5.69 Å². The van der Waals surface area contributed by atoms with Crippen molar-refractivity contribution < 1.29 is 4.79 Å². The van der Waals surface area contributed by atoms with E-state index >= 15 is 0 Å². The zero-order valence-electron chi connectivity index (χ0n) is 15.1. The highest BCUT2D eigenvalue weighted by Gasteiger charge is 2.16. The molecule has 1 aromatic heterocycles. The zero-order valence-corrected chi connectivity index (χ0v) is 15.1. The first kappa shape index (κ1) is 17.7. The van der Waals surface area contributed by atoms with E-state index in [9.17, 15) is 14.4 Å². The lowest BCUT2D eigenvalue weighted by Gasteiger charge is -2.14. The van der Waals surface area contributed by atoms with E-state index in [0.29, 0.717) is 16.5 Å². The first-order valence-corrected chi connectivity index (χ1v) is 9.00. The van der Waals surface area contributed by atoms with Gasteiger partial charge in [0.25, 0.3) is 5.56 Å². The van der Waals surface area contributed by atoms with Crippen molar-refractivity contribution in [3.05, 3.63) is 117 Å². The maximum atomic E-state index is 13.1. The minimum Gasteiger partial charge on any atom is -0.292 e. The number of hydrogen-bond donors (Lipinski definition) is 0. The van der Waals surface area contributed by atoms with Gasteiger partial charge in [-0.1, -0.05) is 72.8 Å². The molecule has 0 N–H and O–H groups in total. The van der Waals surface area contributed by atoms with Crippen LogP contribution in [0.1, 0.15) is 15.9 Å². The number of benzene rings is 3. The Morgan fingerprint density at radius 3 is 2.04 bits per heavy atom. The largest absolute Gasteiger partial charge is 0.332 e. The molecule has 0 radical (unpaired) electrons. The number of nitrogens with zero attached hydrogens (tertiary/aromatic N) is 2. The molecule has 28 heavy (non-hydrogen) atoms. The molecule has 0 spiro atoms. The molecule has 0 aliphatic heterocycles. The second kappa shape index (κ2) is 7.48. The number of aromatic nitrogens is 2. The molecule has 4 aromatic rings. The van der Waals surface area contributed by atoms with Crippen LogP contribution in [0.3, 0.4) is 0 Å². The van der Waals surface area contributed by atoms with Crippen molar-refractivity contribution in [3.8, 4) is 0 Å². The number of rotatable bonds is 5. The summed E-state index contributed by atoms with van der Waals surface area (Å²) in [4.78, 5) is 38.8. The molecule has 5 heteroatoms. The summed E-state index contributed by atoms with van der Waals surface area (Å²) in [5, 5.41) is 0.416. The first-order chi connectivity index (χ1) is 13.6. The second-order valence-corrected chi connectivity index (χ2v) is 6.55. The SMILES string of the molecule is O=C(Cn1c(=O)n(Cc2ccccc2)c(=O)c2ccccc21)c1ccccc1. The van der Waals surface area contributed by atoms with Gasteiger partial charge >= 0.3 is 5.69 Å². The lowest BCUT2D eigenvalue weighted by Crippen LogP contribution is -2.41. The lowest BCUT2D eigenvalue weighted by atomic mass is 10.1. The Morgan fingerprint density at radius 1 is 0.714 bits per heavy atom. The molecule has 4 rings (SSSR count). The van der Waals surface area contributed by atoms with Crippen LogP contribution in [0.2, 0.25) is 0 Å². The Bertz CT molecular complexity index is 1260. The van der Waals surface area contributed by atoms with E-state index in [1.807, 2.05) is 36.4 Å². The molecular weight excluding hydrogens is 352 g/mol. The van der Waals surface area contributed by atoms with Crippen LogP contribution >= 0.6 is 0 Å². The third kappa shape index (κ3) is 3.30. The highest BCUT2D eigenvalue weighted by molar-refractivity contribution is 5.96. The Labute approximate surface area is 161 Å². The quantitative estimate of drug-likeness (QED) is 0.507. The van der Waals surface area contributed by atoms with Gasteiger partial charge in [-0.25, -0.2) is 4.79 Å². The van der Waals surface area contributed by atoms with Crippen molar-refractivity contribution in [2.75, 3.05) is 0 Å². The predicted molar refractivity (Wildman–Crippen MR) is 109 cm³/mol. The van der Waals surface area contributed by atoms with Gasteiger partial charge in [-0.05, 0) is 17.7 Å². The summed E-state index contributed by atoms with van der Waals surface area (Å²) in [6, 6.07) is 25.0. The molecule has 0 saturated carbocycles. The average molecular weight is 370 g/mol. The van der Waals surface area contributed by atoms with Crippen molar-refractivity contribution >= 4 is 16.7 Å². The van der Waals surface area contributed by atoms with Gasteiger partial charge in [0.05, 0.1) is 24.0 Å².